The molecule has 28 heavy (non-hydrogen) atoms. The van der Waals surface area contributed by atoms with Crippen LogP contribution in [0.25, 0.3) is 0 Å². The van der Waals surface area contributed by atoms with Crippen molar-refractivity contribution < 1.29 is 23.9 Å². The molecule has 8 heteroatoms. The number of carbonyl (C=O) groups is 4. The lowest BCUT2D eigenvalue weighted by Gasteiger charge is -2.22. The molecular formula is C20H27N3O5. The van der Waals surface area contributed by atoms with E-state index in [2.05, 4.69) is 10.6 Å². The minimum absolute atomic E-state index is 0.382. The topological polar surface area (TPSA) is 105 Å². The van der Waals surface area contributed by atoms with E-state index in [1.807, 2.05) is 32.9 Å². The molecule has 2 rings (SSSR count). The molecule has 152 valence electrons. The molecular weight excluding hydrogens is 362 g/mol. The van der Waals surface area contributed by atoms with E-state index in [1.54, 1.807) is 19.1 Å². The Kier molecular flexibility index (Phi) is 6.77. The molecule has 0 bridgehead atoms. The van der Waals surface area contributed by atoms with Crippen LogP contribution in [-0.4, -0.2) is 47.4 Å². The number of imide groups is 1. The number of esters is 1. The maximum absolute atomic E-state index is 12.5. The lowest BCUT2D eigenvalue weighted by Crippen LogP contribution is -2.44. The zero-order valence-corrected chi connectivity index (χ0v) is 16.7. The van der Waals surface area contributed by atoms with E-state index < -0.39 is 42.5 Å². The van der Waals surface area contributed by atoms with Gasteiger partial charge in [0.1, 0.15) is 12.1 Å². The van der Waals surface area contributed by atoms with Crippen LogP contribution in [0.4, 0.5) is 10.5 Å². The number of anilines is 1. The van der Waals surface area contributed by atoms with E-state index >= 15 is 0 Å². The van der Waals surface area contributed by atoms with Gasteiger partial charge in [-0.25, -0.2) is 4.79 Å². The van der Waals surface area contributed by atoms with Crippen LogP contribution in [0.2, 0.25) is 0 Å². The smallest absolute Gasteiger partial charge is 0.326 e. The van der Waals surface area contributed by atoms with Crippen molar-refractivity contribution in [3.8, 4) is 0 Å². The van der Waals surface area contributed by atoms with Gasteiger partial charge in [-0.15, -0.1) is 0 Å². The molecule has 1 atom stereocenters. The molecule has 1 fully saturated rings. The summed E-state index contributed by atoms with van der Waals surface area (Å²) in [6.07, 6.45) is 1.25. The number of amides is 4. The first-order chi connectivity index (χ1) is 13.1. The third-order valence-electron chi connectivity index (χ3n) is 4.55. The van der Waals surface area contributed by atoms with Gasteiger partial charge >= 0.3 is 12.0 Å². The standard InChI is InChI=1S/C20H27N3O5/c1-13(2)9-10-20(4)18(26)23(19(27)22-20)11-17(25)28-12-16(24)21-15-7-5-14(3)6-8-15/h5-8,13H,9-12H2,1-4H3,(H,21,24)(H,22,27)/t20-/m1/s1. The van der Waals surface area contributed by atoms with Gasteiger partial charge in [0.2, 0.25) is 0 Å². The largest absolute Gasteiger partial charge is 0.454 e. The summed E-state index contributed by atoms with van der Waals surface area (Å²) in [5.41, 5.74) is 0.616. The first kappa shape index (κ1) is 21.4. The molecule has 4 amide bonds. The Labute approximate surface area is 164 Å². The van der Waals surface area contributed by atoms with Crippen molar-refractivity contribution in [3.05, 3.63) is 29.8 Å². The van der Waals surface area contributed by atoms with Crippen LogP contribution < -0.4 is 10.6 Å². The summed E-state index contributed by atoms with van der Waals surface area (Å²) in [5.74, 6) is -1.40. The van der Waals surface area contributed by atoms with Gasteiger partial charge in [0.15, 0.2) is 6.61 Å². The second-order valence-corrected chi connectivity index (χ2v) is 7.66. The average molecular weight is 389 g/mol. The molecule has 0 radical (unpaired) electrons. The second kappa shape index (κ2) is 8.86. The predicted octanol–water partition coefficient (Wildman–Crippen LogP) is 2.22. The number of carbonyl (C=O) groups excluding carboxylic acids is 4. The number of ether oxygens (including phenoxy) is 1. The van der Waals surface area contributed by atoms with Crippen molar-refractivity contribution in [1.29, 1.82) is 0 Å². The fraction of sp³-hybridized carbons (Fsp3) is 0.500. The maximum atomic E-state index is 12.5. The quantitative estimate of drug-likeness (QED) is 0.524. The van der Waals surface area contributed by atoms with E-state index in [0.29, 0.717) is 18.0 Å². The maximum Gasteiger partial charge on any atom is 0.326 e. The summed E-state index contributed by atoms with van der Waals surface area (Å²) in [4.78, 5) is 49.3. The van der Waals surface area contributed by atoms with Crippen LogP contribution in [0.3, 0.4) is 0 Å². The fourth-order valence-electron chi connectivity index (χ4n) is 2.79. The lowest BCUT2D eigenvalue weighted by molar-refractivity contribution is -0.150. The molecule has 8 nitrogen and oxygen atoms in total. The van der Waals surface area contributed by atoms with Crippen molar-refractivity contribution in [2.24, 2.45) is 5.92 Å². The zero-order valence-electron chi connectivity index (χ0n) is 16.7. The second-order valence-electron chi connectivity index (χ2n) is 7.66. The number of urea groups is 1. The Bertz CT molecular complexity index is 760. The highest BCUT2D eigenvalue weighted by atomic mass is 16.5. The van der Waals surface area contributed by atoms with Gasteiger partial charge in [0, 0.05) is 5.69 Å². The number of benzene rings is 1. The highest BCUT2D eigenvalue weighted by Gasteiger charge is 2.48. The summed E-state index contributed by atoms with van der Waals surface area (Å²) in [5, 5.41) is 5.24. The molecule has 0 aromatic heterocycles. The number of rotatable bonds is 8. The molecule has 0 unspecified atom stereocenters. The molecule has 1 saturated heterocycles. The van der Waals surface area contributed by atoms with Crippen LogP contribution in [-0.2, 0) is 19.1 Å². The molecule has 1 aromatic carbocycles. The number of aryl methyl sites for hydroxylation is 1. The van der Waals surface area contributed by atoms with E-state index in [0.717, 1.165) is 16.9 Å². The third kappa shape index (κ3) is 5.55. The van der Waals surface area contributed by atoms with Crippen LogP contribution >= 0.6 is 0 Å². The van der Waals surface area contributed by atoms with Crippen molar-refractivity contribution in [2.45, 2.75) is 46.1 Å². The molecule has 0 saturated carbocycles. The minimum Gasteiger partial charge on any atom is -0.454 e. The van der Waals surface area contributed by atoms with E-state index in [-0.39, 0.29) is 0 Å². The Balaban J connectivity index is 1.83. The summed E-state index contributed by atoms with van der Waals surface area (Å²) in [6.45, 7) is 6.61. The van der Waals surface area contributed by atoms with Gasteiger partial charge in [-0.05, 0) is 44.7 Å². The SMILES string of the molecule is Cc1ccc(NC(=O)COC(=O)CN2C(=O)N[C@](C)(CCC(C)C)C2=O)cc1. The molecule has 0 spiro atoms. The fourth-order valence-corrected chi connectivity index (χ4v) is 2.79. The van der Waals surface area contributed by atoms with Crippen LogP contribution in [0.5, 0.6) is 0 Å². The Hall–Kier alpha value is -2.90. The third-order valence-corrected chi connectivity index (χ3v) is 4.55. The minimum atomic E-state index is -1.02. The molecule has 0 aliphatic carbocycles. The number of nitrogens with zero attached hydrogens (tertiary/aromatic N) is 1. The van der Waals surface area contributed by atoms with Crippen molar-refractivity contribution in [2.75, 3.05) is 18.5 Å². The zero-order chi connectivity index (χ0) is 20.9. The summed E-state index contributed by atoms with van der Waals surface area (Å²) < 4.78 is 4.90. The molecule has 1 aliphatic heterocycles. The molecule has 1 heterocycles. The lowest BCUT2D eigenvalue weighted by atomic mass is 9.92. The molecule has 2 N–H and O–H groups in total. The van der Waals surface area contributed by atoms with Crippen LogP contribution in [0, 0.1) is 12.8 Å². The van der Waals surface area contributed by atoms with Gasteiger partial charge in [0.05, 0.1) is 0 Å². The van der Waals surface area contributed by atoms with Crippen molar-refractivity contribution in [1.82, 2.24) is 10.2 Å². The van der Waals surface area contributed by atoms with E-state index in [1.165, 1.54) is 0 Å². The van der Waals surface area contributed by atoms with Crippen molar-refractivity contribution >= 4 is 29.5 Å². The van der Waals surface area contributed by atoms with Crippen LogP contribution in [0.15, 0.2) is 24.3 Å². The molecule has 1 aliphatic rings. The Morgan fingerprint density at radius 3 is 2.46 bits per heavy atom. The summed E-state index contributed by atoms with van der Waals surface area (Å²) >= 11 is 0. The predicted molar refractivity (Wildman–Crippen MR) is 103 cm³/mol. The first-order valence-electron chi connectivity index (χ1n) is 9.27. The Morgan fingerprint density at radius 2 is 1.86 bits per heavy atom. The molecule has 1 aromatic rings. The summed E-state index contributed by atoms with van der Waals surface area (Å²) in [6, 6.07) is 6.53. The van der Waals surface area contributed by atoms with E-state index in [9.17, 15) is 19.2 Å². The monoisotopic (exact) mass is 389 g/mol. The van der Waals surface area contributed by atoms with Gasteiger partial charge < -0.3 is 15.4 Å². The van der Waals surface area contributed by atoms with Crippen LogP contribution in [0.1, 0.15) is 39.2 Å². The van der Waals surface area contributed by atoms with Gasteiger partial charge in [-0.1, -0.05) is 31.5 Å². The summed E-state index contributed by atoms with van der Waals surface area (Å²) in [7, 11) is 0. The number of nitrogens with one attached hydrogen (secondary N) is 2. The normalized spacial score (nSPS) is 19.0. The van der Waals surface area contributed by atoms with Crippen molar-refractivity contribution in [3.63, 3.8) is 0 Å². The average Bonchev–Trinajstić information content (AvgIpc) is 2.84. The first-order valence-corrected chi connectivity index (χ1v) is 9.27. The number of hydrogen-bond donors (Lipinski definition) is 2. The number of hydrogen-bond acceptors (Lipinski definition) is 5. The highest BCUT2D eigenvalue weighted by Crippen LogP contribution is 2.24. The Morgan fingerprint density at radius 1 is 1.21 bits per heavy atom. The van der Waals surface area contributed by atoms with Gasteiger partial charge in [0.25, 0.3) is 11.8 Å². The highest BCUT2D eigenvalue weighted by molar-refractivity contribution is 6.08. The van der Waals surface area contributed by atoms with Gasteiger partial charge in [-0.3, -0.25) is 19.3 Å². The van der Waals surface area contributed by atoms with E-state index in [4.69, 9.17) is 4.74 Å². The van der Waals surface area contributed by atoms with Gasteiger partial charge in [-0.2, -0.15) is 0 Å².